The molecule has 2 aromatic rings. The van der Waals surface area contributed by atoms with Crippen LogP contribution in [0.15, 0.2) is 36.5 Å². The Balaban J connectivity index is 2.16. The highest BCUT2D eigenvalue weighted by Crippen LogP contribution is 2.14. The van der Waals surface area contributed by atoms with Gasteiger partial charge < -0.3 is 10.6 Å². The van der Waals surface area contributed by atoms with Gasteiger partial charge in [0.15, 0.2) is 0 Å². The van der Waals surface area contributed by atoms with Crippen LogP contribution in [-0.2, 0) is 6.54 Å². The third kappa shape index (κ3) is 3.15. The number of benzene rings is 1. The summed E-state index contributed by atoms with van der Waals surface area (Å²) in [5.41, 5.74) is 9.76. The molecule has 1 heterocycles. The van der Waals surface area contributed by atoms with Gasteiger partial charge in [0.25, 0.3) is 5.91 Å². The zero-order chi connectivity index (χ0) is 14.7. The predicted octanol–water partition coefficient (Wildman–Crippen LogP) is 2.55. The van der Waals surface area contributed by atoms with E-state index in [2.05, 4.69) is 4.98 Å². The lowest BCUT2D eigenvalue weighted by molar-refractivity contribution is 0.0784. The Morgan fingerprint density at radius 3 is 2.55 bits per heavy atom. The molecule has 104 valence electrons. The van der Waals surface area contributed by atoms with E-state index in [-0.39, 0.29) is 5.91 Å². The first-order valence-corrected chi connectivity index (χ1v) is 6.50. The summed E-state index contributed by atoms with van der Waals surface area (Å²) in [5.74, 6) is -0.0668. The van der Waals surface area contributed by atoms with E-state index in [4.69, 9.17) is 5.73 Å². The minimum atomic E-state index is -0.0668. The van der Waals surface area contributed by atoms with Crippen molar-refractivity contribution in [3.63, 3.8) is 0 Å². The standard InChI is InChI=1S/C16H19N3O/c1-11-4-6-13(7-5-11)10-19(3)16(20)15-8-14(17)9-18-12(15)2/h4-9H,10,17H2,1-3H3. The van der Waals surface area contributed by atoms with E-state index in [0.29, 0.717) is 23.5 Å². The molecule has 20 heavy (non-hydrogen) atoms. The first-order valence-electron chi connectivity index (χ1n) is 6.50. The predicted molar refractivity (Wildman–Crippen MR) is 80.4 cm³/mol. The summed E-state index contributed by atoms with van der Waals surface area (Å²) in [6.07, 6.45) is 1.56. The summed E-state index contributed by atoms with van der Waals surface area (Å²) < 4.78 is 0. The van der Waals surface area contributed by atoms with Crippen molar-refractivity contribution in [3.05, 3.63) is 58.9 Å². The van der Waals surface area contributed by atoms with Crippen LogP contribution in [-0.4, -0.2) is 22.8 Å². The first kappa shape index (κ1) is 14.1. The van der Waals surface area contributed by atoms with Crippen molar-refractivity contribution < 1.29 is 4.79 Å². The van der Waals surface area contributed by atoms with Crippen LogP contribution in [0.2, 0.25) is 0 Å². The van der Waals surface area contributed by atoms with Crippen LogP contribution in [0.5, 0.6) is 0 Å². The smallest absolute Gasteiger partial charge is 0.255 e. The SMILES string of the molecule is Cc1ccc(CN(C)C(=O)c2cc(N)cnc2C)cc1. The number of amides is 1. The summed E-state index contributed by atoms with van der Waals surface area (Å²) in [7, 11) is 1.78. The van der Waals surface area contributed by atoms with Gasteiger partial charge in [-0.05, 0) is 25.5 Å². The Labute approximate surface area is 119 Å². The molecule has 0 radical (unpaired) electrons. The Morgan fingerprint density at radius 1 is 1.25 bits per heavy atom. The molecule has 2 N–H and O–H groups in total. The Kier molecular flexibility index (Phi) is 4.03. The minimum Gasteiger partial charge on any atom is -0.397 e. The quantitative estimate of drug-likeness (QED) is 0.931. The lowest BCUT2D eigenvalue weighted by atomic mass is 10.1. The zero-order valence-electron chi connectivity index (χ0n) is 12.1. The second-order valence-corrected chi connectivity index (χ2v) is 5.05. The van der Waals surface area contributed by atoms with Crippen LogP contribution in [0, 0.1) is 13.8 Å². The zero-order valence-corrected chi connectivity index (χ0v) is 12.1. The molecule has 0 spiro atoms. The fraction of sp³-hybridized carbons (Fsp3) is 0.250. The molecule has 0 bridgehead atoms. The van der Waals surface area contributed by atoms with Gasteiger partial charge in [-0.15, -0.1) is 0 Å². The number of pyridine rings is 1. The van der Waals surface area contributed by atoms with Gasteiger partial charge in [0.05, 0.1) is 23.1 Å². The van der Waals surface area contributed by atoms with Crippen molar-refractivity contribution in [3.8, 4) is 0 Å². The third-order valence-electron chi connectivity index (χ3n) is 3.23. The molecule has 2 rings (SSSR count). The van der Waals surface area contributed by atoms with Crippen molar-refractivity contribution in [1.29, 1.82) is 0 Å². The molecule has 0 aliphatic heterocycles. The fourth-order valence-corrected chi connectivity index (χ4v) is 2.01. The third-order valence-corrected chi connectivity index (χ3v) is 3.23. The molecule has 0 saturated heterocycles. The lowest BCUT2D eigenvalue weighted by Gasteiger charge is -2.18. The maximum absolute atomic E-state index is 12.4. The van der Waals surface area contributed by atoms with Crippen LogP contribution in [0.4, 0.5) is 5.69 Å². The van der Waals surface area contributed by atoms with E-state index in [1.54, 1.807) is 24.2 Å². The van der Waals surface area contributed by atoms with Crippen molar-refractivity contribution in [2.75, 3.05) is 12.8 Å². The van der Waals surface area contributed by atoms with E-state index in [0.717, 1.165) is 5.56 Å². The van der Waals surface area contributed by atoms with E-state index in [1.807, 2.05) is 38.1 Å². The van der Waals surface area contributed by atoms with Gasteiger partial charge in [-0.25, -0.2) is 0 Å². The molecule has 1 amide bonds. The van der Waals surface area contributed by atoms with Crippen LogP contribution in [0.3, 0.4) is 0 Å². The largest absolute Gasteiger partial charge is 0.397 e. The van der Waals surface area contributed by atoms with Gasteiger partial charge in [-0.3, -0.25) is 9.78 Å². The number of carbonyl (C=O) groups is 1. The van der Waals surface area contributed by atoms with Crippen molar-refractivity contribution >= 4 is 11.6 Å². The van der Waals surface area contributed by atoms with Crippen molar-refractivity contribution in [1.82, 2.24) is 9.88 Å². The van der Waals surface area contributed by atoms with Gasteiger partial charge in [0.1, 0.15) is 0 Å². The second-order valence-electron chi connectivity index (χ2n) is 5.05. The number of carbonyl (C=O) groups excluding carboxylic acids is 1. The number of anilines is 1. The molecule has 0 unspecified atom stereocenters. The maximum atomic E-state index is 12.4. The number of aromatic nitrogens is 1. The highest BCUT2D eigenvalue weighted by Gasteiger charge is 2.15. The van der Waals surface area contributed by atoms with Crippen LogP contribution in [0.1, 0.15) is 27.2 Å². The number of aryl methyl sites for hydroxylation is 2. The number of nitrogens with two attached hydrogens (primary N) is 1. The molecular formula is C16H19N3O. The number of hydrogen-bond acceptors (Lipinski definition) is 3. The Morgan fingerprint density at radius 2 is 1.90 bits per heavy atom. The monoisotopic (exact) mass is 269 g/mol. The molecule has 1 aromatic heterocycles. The summed E-state index contributed by atoms with van der Waals surface area (Å²) in [6, 6.07) is 9.82. The first-order chi connectivity index (χ1) is 9.47. The number of hydrogen-bond donors (Lipinski definition) is 1. The number of rotatable bonds is 3. The van der Waals surface area contributed by atoms with Gasteiger partial charge in [-0.2, -0.15) is 0 Å². The molecule has 0 saturated carbocycles. The van der Waals surface area contributed by atoms with Crippen LogP contribution in [0.25, 0.3) is 0 Å². The van der Waals surface area contributed by atoms with Crippen LogP contribution < -0.4 is 5.73 Å². The van der Waals surface area contributed by atoms with E-state index < -0.39 is 0 Å². The molecular weight excluding hydrogens is 250 g/mol. The van der Waals surface area contributed by atoms with E-state index in [9.17, 15) is 4.79 Å². The number of nitrogens with zero attached hydrogens (tertiary/aromatic N) is 2. The number of nitrogen functional groups attached to an aromatic ring is 1. The molecule has 1 aromatic carbocycles. The summed E-state index contributed by atoms with van der Waals surface area (Å²) >= 11 is 0. The highest BCUT2D eigenvalue weighted by molar-refractivity contribution is 5.95. The van der Waals surface area contributed by atoms with E-state index in [1.165, 1.54) is 5.56 Å². The molecule has 0 atom stereocenters. The lowest BCUT2D eigenvalue weighted by Crippen LogP contribution is -2.27. The molecule has 0 aliphatic rings. The highest BCUT2D eigenvalue weighted by atomic mass is 16.2. The Hall–Kier alpha value is -2.36. The fourth-order valence-electron chi connectivity index (χ4n) is 2.01. The van der Waals surface area contributed by atoms with Gasteiger partial charge in [-0.1, -0.05) is 29.8 Å². The van der Waals surface area contributed by atoms with Crippen molar-refractivity contribution in [2.24, 2.45) is 0 Å². The maximum Gasteiger partial charge on any atom is 0.255 e. The van der Waals surface area contributed by atoms with Gasteiger partial charge in [0, 0.05) is 13.6 Å². The van der Waals surface area contributed by atoms with Gasteiger partial charge in [0.2, 0.25) is 0 Å². The average molecular weight is 269 g/mol. The summed E-state index contributed by atoms with van der Waals surface area (Å²) in [4.78, 5) is 18.2. The molecule has 0 aliphatic carbocycles. The topological polar surface area (TPSA) is 59.2 Å². The summed E-state index contributed by atoms with van der Waals surface area (Å²) in [5, 5.41) is 0. The van der Waals surface area contributed by atoms with E-state index >= 15 is 0 Å². The van der Waals surface area contributed by atoms with Crippen molar-refractivity contribution in [2.45, 2.75) is 20.4 Å². The molecule has 0 fully saturated rings. The second kappa shape index (κ2) is 5.74. The molecule has 4 heteroatoms. The van der Waals surface area contributed by atoms with Crippen LogP contribution >= 0.6 is 0 Å². The average Bonchev–Trinajstić information content (AvgIpc) is 2.43. The van der Waals surface area contributed by atoms with Gasteiger partial charge >= 0.3 is 0 Å². The summed E-state index contributed by atoms with van der Waals surface area (Å²) in [6.45, 7) is 4.42. The molecule has 4 nitrogen and oxygen atoms in total. The normalized spacial score (nSPS) is 10.3. The minimum absolute atomic E-state index is 0.0668. The Bertz CT molecular complexity index is 620.